The van der Waals surface area contributed by atoms with E-state index in [4.69, 9.17) is 23.2 Å². The zero-order valence-electron chi connectivity index (χ0n) is 8.66. The molecule has 2 aromatic rings. The monoisotopic (exact) mass is 271 g/mol. The summed E-state index contributed by atoms with van der Waals surface area (Å²) >= 11 is 11.4. The number of H-pyrrole nitrogens is 1. The Morgan fingerprint density at radius 1 is 1.41 bits per heavy atom. The maximum atomic E-state index is 11.9. The first-order valence-electron chi connectivity index (χ1n) is 4.58. The maximum Gasteiger partial charge on any atom is 0.260 e. The Kier molecular flexibility index (Phi) is 3.26. The summed E-state index contributed by atoms with van der Waals surface area (Å²) in [5, 5.41) is 16.2. The largest absolute Gasteiger partial charge is 0.307 e. The number of rotatable bonds is 2. The molecule has 0 atom stereocenters. The normalized spacial score (nSPS) is 10.3. The molecule has 88 valence electrons. The summed E-state index contributed by atoms with van der Waals surface area (Å²) in [5.74, 6) is 0.0677. The van der Waals surface area contributed by atoms with Gasteiger partial charge >= 0.3 is 0 Å². The van der Waals surface area contributed by atoms with Gasteiger partial charge in [0, 0.05) is 5.56 Å². The zero-order chi connectivity index (χ0) is 12.4. The molecule has 0 bridgehead atoms. The predicted octanol–water partition coefficient (Wildman–Crippen LogP) is 2.07. The minimum Gasteiger partial charge on any atom is -0.307 e. The number of aryl methyl sites for hydroxylation is 1. The summed E-state index contributed by atoms with van der Waals surface area (Å²) in [4.78, 5) is 11.9. The second-order valence-corrected chi connectivity index (χ2v) is 4.00. The number of hydrogen-bond acceptors (Lipinski definition) is 4. The highest BCUT2D eigenvalue weighted by Crippen LogP contribution is 2.17. The summed E-state index contributed by atoms with van der Waals surface area (Å²) < 4.78 is 0. The van der Waals surface area contributed by atoms with Crippen molar-refractivity contribution in [2.24, 2.45) is 0 Å². The number of aromatic amines is 1. The third-order valence-electron chi connectivity index (χ3n) is 2.03. The molecule has 8 heteroatoms. The van der Waals surface area contributed by atoms with E-state index in [0.29, 0.717) is 5.82 Å². The minimum absolute atomic E-state index is 0.0101. The Hall–Kier alpha value is -1.66. The molecule has 0 unspecified atom stereocenters. The molecule has 2 heterocycles. The summed E-state index contributed by atoms with van der Waals surface area (Å²) in [6.07, 6.45) is 1.59. The number of carbonyl (C=O) groups excluding carboxylic acids is 1. The molecule has 1 amide bonds. The van der Waals surface area contributed by atoms with Gasteiger partial charge in [-0.15, -0.1) is 10.2 Å². The molecule has 2 N–H and O–H groups in total. The van der Waals surface area contributed by atoms with Gasteiger partial charge in [0.05, 0.1) is 11.8 Å². The molecule has 0 aromatic carbocycles. The average Bonchev–Trinajstić information content (AvgIpc) is 2.68. The number of aromatic nitrogens is 4. The SMILES string of the molecule is Cc1cn[nH]c1NC(=O)c1cc(Cl)nnc1Cl. The summed E-state index contributed by atoms with van der Waals surface area (Å²) in [7, 11) is 0. The van der Waals surface area contributed by atoms with Crippen LogP contribution in [0.25, 0.3) is 0 Å². The van der Waals surface area contributed by atoms with Crippen LogP contribution < -0.4 is 5.32 Å². The number of anilines is 1. The van der Waals surface area contributed by atoms with Crippen molar-refractivity contribution in [2.45, 2.75) is 6.92 Å². The first-order valence-corrected chi connectivity index (χ1v) is 5.33. The Balaban J connectivity index is 2.26. The number of amides is 1. The van der Waals surface area contributed by atoms with Crippen molar-refractivity contribution in [3.05, 3.63) is 33.7 Å². The van der Waals surface area contributed by atoms with Gasteiger partial charge in [-0.1, -0.05) is 23.2 Å². The van der Waals surface area contributed by atoms with Crippen molar-refractivity contribution in [1.29, 1.82) is 0 Å². The Bertz CT molecular complexity index is 568. The fourth-order valence-corrected chi connectivity index (χ4v) is 1.49. The van der Waals surface area contributed by atoms with Crippen molar-refractivity contribution in [2.75, 3.05) is 5.32 Å². The standard InChI is InChI=1S/C9H7Cl2N5O/c1-4-3-12-16-8(4)13-9(17)5-2-6(10)14-15-7(5)11/h2-3H,1H3,(H2,12,13,16,17). The zero-order valence-corrected chi connectivity index (χ0v) is 10.2. The number of nitrogens with zero attached hydrogens (tertiary/aromatic N) is 3. The molecular weight excluding hydrogens is 265 g/mol. The van der Waals surface area contributed by atoms with Crippen molar-refractivity contribution in [1.82, 2.24) is 20.4 Å². The number of halogens is 2. The van der Waals surface area contributed by atoms with Gasteiger partial charge in [0.25, 0.3) is 5.91 Å². The minimum atomic E-state index is -0.431. The highest BCUT2D eigenvalue weighted by atomic mass is 35.5. The van der Waals surface area contributed by atoms with Crippen LogP contribution in [0.15, 0.2) is 12.3 Å². The highest BCUT2D eigenvalue weighted by molar-refractivity contribution is 6.34. The molecule has 2 aromatic heterocycles. The lowest BCUT2D eigenvalue weighted by Crippen LogP contribution is -2.14. The molecule has 17 heavy (non-hydrogen) atoms. The average molecular weight is 272 g/mol. The summed E-state index contributed by atoms with van der Waals surface area (Å²) in [6, 6.07) is 1.35. The molecular formula is C9H7Cl2N5O. The van der Waals surface area contributed by atoms with E-state index in [1.807, 2.05) is 0 Å². The molecule has 0 saturated carbocycles. The Labute approximate surface area is 106 Å². The maximum absolute atomic E-state index is 11.9. The van der Waals surface area contributed by atoms with Gasteiger partial charge in [-0.3, -0.25) is 9.89 Å². The van der Waals surface area contributed by atoms with Gasteiger partial charge in [0.2, 0.25) is 0 Å². The van der Waals surface area contributed by atoms with Crippen molar-refractivity contribution in [3.63, 3.8) is 0 Å². The van der Waals surface area contributed by atoms with E-state index in [2.05, 4.69) is 25.7 Å². The first kappa shape index (κ1) is 11.8. The second kappa shape index (κ2) is 4.68. The van der Waals surface area contributed by atoms with Gasteiger partial charge in [-0.25, -0.2) is 0 Å². The Morgan fingerprint density at radius 3 is 2.82 bits per heavy atom. The molecule has 0 radical (unpaired) electrons. The van der Waals surface area contributed by atoms with Crippen LogP contribution in [-0.4, -0.2) is 26.3 Å². The van der Waals surface area contributed by atoms with Crippen LogP contribution in [-0.2, 0) is 0 Å². The Morgan fingerprint density at radius 2 is 2.18 bits per heavy atom. The first-order chi connectivity index (χ1) is 8.08. The molecule has 0 fully saturated rings. The van der Waals surface area contributed by atoms with E-state index in [9.17, 15) is 4.79 Å². The van der Waals surface area contributed by atoms with Crippen molar-refractivity contribution >= 4 is 34.9 Å². The molecule has 0 saturated heterocycles. The molecule has 0 spiro atoms. The van der Waals surface area contributed by atoms with Gasteiger partial charge in [0.1, 0.15) is 5.82 Å². The van der Waals surface area contributed by atoms with Crippen LogP contribution >= 0.6 is 23.2 Å². The fourth-order valence-electron chi connectivity index (χ4n) is 1.17. The van der Waals surface area contributed by atoms with Gasteiger partial charge in [-0.05, 0) is 13.0 Å². The van der Waals surface area contributed by atoms with E-state index in [1.54, 1.807) is 13.1 Å². The van der Waals surface area contributed by atoms with Crippen LogP contribution in [0.4, 0.5) is 5.82 Å². The van der Waals surface area contributed by atoms with Crippen molar-refractivity contribution in [3.8, 4) is 0 Å². The van der Waals surface area contributed by atoms with Crippen molar-refractivity contribution < 1.29 is 4.79 Å². The lowest BCUT2D eigenvalue weighted by Gasteiger charge is -2.04. The molecule has 0 aliphatic rings. The lowest BCUT2D eigenvalue weighted by molar-refractivity contribution is 0.102. The van der Waals surface area contributed by atoms with Crippen LogP contribution in [0.3, 0.4) is 0 Å². The third kappa shape index (κ3) is 2.54. The van der Waals surface area contributed by atoms with E-state index in [0.717, 1.165) is 5.56 Å². The van der Waals surface area contributed by atoms with Crippen LogP contribution in [0, 0.1) is 6.92 Å². The molecule has 0 aliphatic carbocycles. The van der Waals surface area contributed by atoms with Gasteiger partial charge in [0.15, 0.2) is 10.3 Å². The predicted molar refractivity (Wildman–Crippen MR) is 63.3 cm³/mol. The highest BCUT2D eigenvalue weighted by Gasteiger charge is 2.14. The van der Waals surface area contributed by atoms with Crippen LogP contribution in [0.1, 0.15) is 15.9 Å². The van der Waals surface area contributed by atoms with E-state index >= 15 is 0 Å². The number of nitrogens with one attached hydrogen (secondary N) is 2. The van der Waals surface area contributed by atoms with Crippen LogP contribution in [0.2, 0.25) is 10.3 Å². The fraction of sp³-hybridized carbons (Fsp3) is 0.111. The third-order valence-corrected chi connectivity index (χ3v) is 2.49. The van der Waals surface area contributed by atoms with Crippen LogP contribution in [0.5, 0.6) is 0 Å². The lowest BCUT2D eigenvalue weighted by atomic mass is 10.3. The van der Waals surface area contributed by atoms with Gasteiger partial charge in [-0.2, -0.15) is 5.10 Å². The number of hydrogen-bond donors (Lipinski definition) is 2. The smallest absolute Gasteiger partial charge is 0.260 e. The van der Waals surface area contributed by atoms with E-state index in [-0.39, 0.29) is 15.9 Å². The topological polar surface area (TPSA) is 83.6 Å². The summed E-state index contributed by atoms with van der Waals surface area (Å²) in [5.41, 5.74) is 0.961. The van der Waals surface area contributed by atoms with E-state index < -0.39 is 5.91 Å². The quantitative estimate of drug-likeness (QED) is 0.876. The molecule has 0 aliphatic heterocycles. The number of carbonyl (C=O) groups is 1. The van der Waals surface area contributed by atoms with Gasteiger partial charge < -0.3 is 5.32 Å². The second-order valence-electron chi connectivity index (χ2n) is 3.25. The van der Waals surface area contributed by atoms with E-state index in [1.165, 1.54) is 6.07 Å². The molecule has 2 rings (SSSR count). The summed E-state index contributed by atoms with van der Waals surface area (Å²) in [6.45, 7) is 1.80. The molecule has 6 nitrogen and oxygen atoms in total.